The molecular formula is C20H29F2N3OS. The Hall–Kier alpha value is -1.08. The zero-order valence-corrected chi connectivity index (χ0v) is 16.7. The van der Waals surface area contributed by atoms with Crippen LogP contribution in [0.5, 0.6) is 0 Å². The maximum absolute atomic E-state index is 13.3. The number of amides is 1. The Morgan fingerprint density at radius 1 is 1.11 bits per heavy atom. The molecule has 3 fully saturated rings. The number of alkyl halides is 2. The van der Waals surface area contributed by atoms with Crippen molar-refractivity contribution in [3.8, 4) is 0 Å². The lowest BCUT2D eigenvalue weighted by atomic mass is 9.94. The SMILES string of the molecule is O=C(C1CCN(Cc2csc(C3CCCC3)n2)CC1)N1CCC(F)(F)CC1. The van der Waals surface area contributed by atoms with Gasteiger partial charge in [-0.05, 0) is 38.8 Å². The van der Waals surface area contributed by atoms with Crippen LogP contribution in [-0.4, -0.2) is 52.8 Å². The fraction of sp³-hybridized carbons (Fsp3) is 0.800. The Kier molecular flexibility index (Phi) is 5.78. The lowest BCUT2D eigenvalue weighted by molar-refractivity contribution is -0.143. The van der Waals surface area contributed by atoms with Gasteiger partial charge in [0.1, 0.15) is 0 Å². The highest BCUT2D eigenvalue weighted by Gasteiger charge is 2.37. The summed E-state index contributed by atoms with van der Waals surface area (Å²) in [6.07, 6.45) is 6.49. The van der Waals surface area contributed by atoms with Gasteiger partial charge in [0.2, 0.25) is 5.91 Å². The van der Waals surface area contributed by atoms with E-state index < -0.39 is 5.92 Å². The molecule has 0 N–H and O–H groups in total. The molecule has 3 heterocycles. The normalized spacial score (nSPS) is 25.2. The van der Waals surface area contributed by atoms with Crippen LogP contribution in [0.3, 0.4) is 0 Å². The molecule has 3 aliphatic rings. The first kappa shape index (κ1) is 19.2. The van der Waals surface area contributed by atoms with E-state index in [2.05, 4.69) is 10.3 Å². The maximum atomic E-state index is 13.3. The summed E-state index contributed by atoms with van der Waals surface area (Å²) in [7, 11) is 0. The third-order valence-electron chi connectivity index (χ3n) is 6.40. The second kappa shape index (κ2) is 8.11. The van der Waals surface area contributed by atoms with Crippen LogP contribution in [0.1, 0.15) is 68.0 Å². The van der Waals surface area contributed by atoms with Gasteiger partial charge >= 0.3 is 0 Å². The topological polar surface area (TPSA) is 36.4 Å². The Labute approximate surface area is 163 Å². The Balaban J connectivity index is 1.24. The number of aromatic nitrogens is 1. The lowest BCUT2D eigenvalue weighted by Gasteiger charge is -2.37. The minimum Gasteiger partial charge on any atom is -0.342 e. The van der Waals surface area contributed by atoms with Crippen LogP contribution in [0.4, 0.5) is 8.78 Å². The molecule has 27 heavy (non-hydrogen) atoms. The van der Waals surface area contributed by atoms with Crippen molar-refractivity contribution in [2.75, 3.05) is 26.2 Å². The molecule has 7 heteroatoms. The summed E-state index contributed by atoms with van der Waals surface area (Å²) in [4.78, 5) is 21.5. The van der Waals surface area contributed by atoms with E-state index in [9.17, 15) is 13.6 Å². The van der Waals surface area contributed by atoms with Gasteiger partial charge < -0.3 is 4.90 Å². The van der Waals surface area contributed by atoms with Crippen molar-refractivity contribution in [1.29, 1.82) is 0 Å². The third kappa shape index (κ3) is 4.67. The molecule has 4 rings (SSSR count). The van der Waals surface area contributed by atoms with Gasteiger partial charge in [-0.1, -0.05) is 12.8 Å². The van der Waals surface area contributed by atoms with Gasteiger partial charge in [-0.2, -0.15) is 0 Å². The van der Waals surface area contributed by atoms with E-state index in [4.69, 9.17) is 4.98 Å². The Morgan fingerprint density at radius 2 is 1.78 bits per heavy atom. The monoisotopic (exact) mass is 397 g/mol. The number of carbonyl (C=O) groups is 1. The number of likely N-dealkylation sites (tertiary alicyclic amines) is 2. The number of hydrogen-bond acceptors (Lipinski definition) is 4. The van der Waals surface area contributed by atoms with Crippen LogP contribution < -0.4 is 0 Å². The average Bonchev–Trinajstić information content (AvgIpc) is 3.33. The summed E-state index contributed by atoms with van der Waals surface area (Å²) in [6, 6.07) is 0. The van der Waals surface area contributed by atoms with Crippen molar-refractivity contribution >= 4 is 17.2 Å². The number of hydrogen-bond donors (Lipinski definition) is 0. The molecule has 0 bridgehead atoms. The molecule has 0 aromatic carbocycles. The number of piperidine rings is 2. The number of thiazole rings is 1. The molecule has 4 nitrogen and oxygen atoms in total. The first-order valence-corrected chi connectivity index (χ1v) is 11.2. The van der Waals surface area contributed by atoms with E-state index in [1.165, 1.54) is 30.7 Å². The third-order valence-corrected chi connectivity index (χ3v) is 7.46. The predicted molar refractivity (Wildman–Crippen MR) is 102 cm³/mol. The molecule has 1 aliphatic carbocycles. The zero-order chi connectivity index (χ0) is 18.9. The van der Waals surface area contributed by atoms with Crippen molar-refractivity contribution in [2.45, 2.75) is 69.8 Å². The fourth-order valence-electron chi connectivity index (χ4n) is 4.64. The Morgan fingerprint density at radius 3 is 2.44 bits per heavy atom. The van der Waals surface area contributed by atoms with Crippen LogP contribution in [0, 0.1) is 5.92 Å². The molecular weight excluding hydrogens is 368 g/mol. The highest BCUT2D eigenvalue weighted by atomic mass is 32.1. The van der Waals surface area contributed by atoms with E-state index in [0.29, 0.717) is 5.92 Å². The van der Waals surface area contributed by atoms with Gasteiger partial charge in [-0.25, -0.2) is 13.8 Å². The summed E-state index contributed by atoms with van der Waals surface area (Å²) in [5, 5.41) is 3.49. The average molecular weight is 398 g/mol. The van der Waals surface area contributed by atoms with Crippen molar-refractivity contribution in [2.24, 2.45) is 5.92 Å². The molecule has 150 valence electrons. The molecule has 1 amide bonds. The molecule has 2 aliphatic heterocycles. The molecule has 0 unspecified atom stereocenters. The van der Waals surface area contributed by atoms with Crippen molar-refractivity contribution in [3.63, 3.8) is 0 Å². The summed E-state index contributed by atoms with van der Waals surface area (Å²) in [5.41, 5.74) is 1.16. The quantitative estimate of drug-likeness (QED) is 0.761. The first-order valence-electron chi connectivity index (χ1n) is 10.3. The summed E-state index contributed by atoms with van der Waals surface area (Å²) >= 11 is 1.80. The van der Waals surface area contributed by atoms with E-state index in [1.807, 2.05) is 0 Å². The molecule has 0 radical (unpaired) electrons. The van der Waals surface area contributed by atoms with Crippen LogP contribution >= 0.6 is 11.3 Å². The summed E-state index contributed by atoms with van der Waals surface area (Å²) in [5.74, 6) is -1.84. The number of halogens is 2. The molecule has 1 aromatic rings. The minimum atomic E-state index is -2.59. The predicted octanol–water partition coefficient (Wildman–Crippen LogP) is 4.27. The maximum Gasteiger partial charge on any atom is 0.251 e. The second-order valence-electron chi connectivity index (χ2n) is 8.39. The lowest BCUT2D eigenvalue weighted by Crippen LogP contribution is -2.47. The van der Waals surface area contributed by atoms with Crippen molar-refractivity contribution in [3.05, 3.63) is 16.1 Å². The van der Waals surface area contributed by atoms with Gasteiger partial charge in [0.05, 0.1) is 10.7 Å². The highest BCUT2D eigenvalue weighted by Crippen LogP contribution is 2.36. The zero-order valence-electron chi connectivity index (χ0n) is 15.8. The standard InChI is InChI=1S/C20H29F2N3OS/c21-20(22)7-11-25(12-8-20)19(26)16-5-9-24(10-6-16)13-17-14-27-18(23-17)15-3-1-2-4-15/h14-16H,1-13H2. The van der Waals surface area contributed by atoms with Crippen LogP contribution in [0.2, 0.25) is 0 Å². The molecule has 0 spiro atoms. The van der Waals surface area contributed by atoms with Crippen LogP contribution in [0.25, 0.3) is 0 Å². The molecule has 0 atom stereocenters. The summed E-state index contributed by atoms with van der Waals surface area (Å²) < 4.78 is 26.6. The number of nitrogens with zero attached hydrogens (tertiary/aromatic N) is 3. The van der Waals surface area contributed by atoms with E-state index >= 15 is 0 Å². The van der Waals surface area contributed by atoms with Crippen LogP contribution in [-0.2, 0) is 11.3 Å². The molecule has 2 saturated heterocycles. The van der Waals surface area contributed by atoms with Crippen LogP contribution in [0.15, 0.2) is 5.38 Å². The fourth-order valence-corrected chi connectivity index (χ4v) is 5.62. The second-order valence-corrected chi connectivity index (χ2v) is 9.28. The van der Waals surface area contributed by atoms with E-state index in [-0.39, 0.29) is 37.8 Å². The van der Waals surface area contributed by atoms with Crippen molar-refractivity contribution < 1.29 is 13.6 Å². The molecule has 1 saturated carbocycles. The number of rotatable bonds is 4. The minimum absolute atomic E-state index is 0.00236. The van der Waals surface area contributed by atoms with Gasteiger partial charge in [-0.15, -0.1) is 11.3 Å². The number of carbonyl (C=O) groups excluding carboxylic acids is 1. The Bertz CT molecular complexity index is 641. The smallest absolute Gasteiger partial charge is 0.251 e. The summed E-state index contributed by atoms with van der Waals surface area (Å²) in [6.45, 7) is 3.04. The largest absolute Gasteiger partial charge is 0.342 e. The van der Waals surface area contributed by atoms with Gasteiger partial charge in [0.15, 0.2) is 0 Å². The van der Waals surface area contributed by atoms with Gasteiger partial charge in [-0.3, -0.25) is 9.69 Å². The van der Waals surface area contributed by atoms with Gasteiger partial charge in [0, 0.05) is 49.7 Å². The van der Waals surface area contributed by atoms with E-state index in [1.54, 1.807) is 16.2 Å². The van der Waals surface area contributed by atoms with E-state index in [0.717, 1.165) is 38.2 Å². The molecule has 1 aromatic heterocycles. The first-order chi connectivity index (χ1) is 13.0. The highest BCUT2D eigenvalue weighted by molar-refractivity contribution is 7.09. The van der Waals surface area contributed by atoms with Crippen molar-refractivity contribution in [1.82, 2.24) is 14.8 Å². The van der Waals surface area contributed by atoms with Gasteiger partial charge in [0.25, 0.3) is 5.92 Å².